The second kappa shape index (κ2) is 13.0. The van der Waals surface area contributed by atoms with E-state index in [0.29, 0.717) is 26.1 Å². The highest BCUT2D eigenvalue weighted by Crippen LogP contribution is 2.30. The summed E-state index contributed by atoms with van der Waals surface area (Å²) in [6, 6.07) is 31.7. The summed E-state index contributed by atoms with van der Waals surface area (Å²) in [7, 11) is 0. The first kappa shape index (κ1) is 27.1. The number of nitrogens with zero attached hydrogens (tertiary/aromatic N) is 1. The lowest BCUT2D eigenvalue weighted by atomic mass is 10.1. The first-order valence-electron chi connectivity index (χ1n) is 13.0. The minimum Gasteiger partial charge on any atom is -0.457 e. The molecule has 38 heavy (non-hydrogen) atoms. The van der Waals surface area contributed by atoms with Crippen molar-refractivity contribution in [2.45, 2.75) is 46.3 Å². The summed E-state index contributed by atoms with van der Waals surface area (Å²) in [6.07, 6.45) is 0.567. The molecule has 2 N–H and O–H groups in total. The van der Waals surface area contributed by atoms with E-state index in [1.807, 2.05) is 72.8 Å². The van der Waals surface area contributed by atoms with E-state index in [0.717, 1.165) is 45.3 Å². The third-order valence-corrected chi connectivity index (χ3v) is 6.45. The van der Waals surface area contributed by atoms with Crippen molar-refractivity contribution in [2.75, 3.05) is 6.54 Å². The maximum Gasteiger partial charge on any atom is 0.146 e. The molecule has 1 atom stereocenters. The standard InChI is InChI=1S/C33H36N2O3/c1-24-10-8-14-29(20-24)37-32-16-6-4-12-27(32)22-35(19-18-31(34)26(3)36)23-28-13-5-7-17-33(28)38-30-15-9-11-25(2)21-30/h4-17,20-21,31H,18-19,22-23,34H2,1-3H3/t31-/m0/s1. The molecule has 0 fully saturated rings. The third kappa shape index (κ3) is 7.78. The maximum atomic E-state index is 11.9. The number of para-hydroxylation sites is 2. The van der Waals surface area contributed by atoms with Gasteiger partial charge in [-0.1, -0.05) is 60.7 Å². The minimum atomic E-state index is -0.491. The largest absolute Gasteiger partial charge is 0.457 e. The molecule has 5 heteroatoms. The Morgan fingerprint density at radius 2 is 1.21 bits per heavy atom. The minimum absolute atomic E-state index is 0.00342. The van der Waals surface area contributed by atoms with Crippen molar-refractivity contribution in [3.8, 4) is 23.0 Å². The Balaban J connectivity index is 1.58. The Morgan fingerprint density at radius 3 is 1.66 bits per heavy atom. The molecule has 0 heterocycles. The van der Waals surface area contributed by atoms with Crippen molar-refractivity contribution in [3.05, 3.63) is 119 Å². The van der Waals surface area contributed by atoms with Crippen LogP contribution in [0, 0.1) is 13.8 Å². The van der Waals surface area contributed by atoms with Crippen molar-refractivity contribution in [1.82, 2.24) is 4.90 Å². The van der Waals surface area contributed by atoms with Crippen LogP contribution >= 0.6 is 0 Å². The Morgan fingerprint density at radius 1 is 0.737 bits per heavy atom. The number of aryl methyl sites for hydroxylation is 2. The Bertz CT molecular complexity index is 1270. The molecule has 0 radical (unpaired) electrons. The molecule has 0 aliphatic rings. The topological polar surface area (TPSA) is 64.8 Å². The Kier molecular flexibility index (Phi) is 9.30. The fourth-order valence-corrected chi connectivity index (χ4v) is 4.30. The van der Waals surface area contributed by atoms with E-state index in [4.69, 9.17) is 15.2 Å². The van der Waals surface area contributed by atoms with Gasteiger partial charge in [-0.3, -0.25) is 9.69 Å². The predicted octanol–water partition coefficient (Wildman–Crippen LogP) is 7.20. The number of carbonyl (C=O) groups excluding carboxylic acids is 1. The second-order valence-corrected chi connectivity index (χ2v) is 9.77. The number of ketones is 1. The molecule has 0 aliphatic heterocycles. The van der Waals surface area contributed by atoms with E-state index in [2.05, 4.69) is 43.0 Å². The van der Waals surface area contributed by atoms with Crippen LogP contribution in [0.15, 0.2) is 97.1 Å². The molecule has 0 spiro atoms. The van der Waals surface area contributed by atoms with Gasteiger partial charge in [0.25, 0.3) is 0 Å². The lowest BCUT2D eigenvalue weighted by molar-refractivity contribution is -0.118. The monoisotopic (exact) mass is 508 g/mol. The fourth-order valence-electron chi connectivity index (χ4n) is 4.30. The highest BCUT2D eigenvalue weighted by atomic mass is 16.5. The average Bonchev–Trinajstić information content (AvgIpc) is 2.89. The van der Waals surface area contributed by atoms with Crippen molar-refractivity contribution in [3.63, 3.8) is 0 Å². The number of nitrogens with two attached hydrogens (primary N) is 1. The van der Waals surface area contributed by atoms with E-state index >= 15 is 0 Å². The summed E-state index contributed by atoms with van der Waals surface area (Å²) < 4.78 is 12.6. The van der Waals surface area contributed by atoms with Crippen LogP contribution in [0.5, 0.6) is 23.0 Å². The van der Waals surface area contributed by atoms with Crippen LogP contribution in [-0.4, -0.2) is 23.3 Å². The molecule has 196 valence electrons. The Hall–Kier alpha value is -3.93. The zero-order valence-electron chi connectivity index (χ0n) is 22.4. The van der Waals surface area contributed by atoms with Gasteiger partial charge in [-0.15, -0.1) is 0 Å². The van der Waals surface area contributed by atoms with E-state index in [9.17, 15) is 4.79 Å². The van der Waals surface area contributed by atoms with Gasteiger partial charge in [-0.05, 0) is 74.7 Å². The molecule has 0 amide bonds. The van der Waals surface area contributed by atoms with Crippen molar-refractivity contribution < 1.29 is 14.3 Å². The third-order valence-electron chi connectivity index (χ3n) is 6.45. The van der Waals surface area contributed by atoms with Gasteiger partial charge in [0.15, 0.2) is 0 Å². The summed E-state index contributed by atoms with van der Waals surface area (Å²) in [4.78, 5) is 14.2. The SMILES string of the molecule is CC(=O)[C@@H](N)CCN(Cc1ccccc1Oc1cccc(C)c1)Cc1ccccc1Oc1cccc(C)c1. The number of hydrogen-bond donors (Lipinski definition) is 1. The second-order valence-electron chi connectivity index (χ2n) is 9.77. The molecule has 0 saturated heterocycles. The number of carbonyl (C=O) groups is 1. The lowest BCUT2D eigenvalue weighted by Gasteiger charge is -2.26. The van der Waals surface area contributed by atoms with Gasteiger partial charge in [-0.25, -0.2) is 0 Å². The molecule has 5 nitrogen and oxygen atoms in total. The highest BCUT2D eigenvalue weighted by molar-refractivity contribution is 5.81. The summed E-state index contributed by atoms with van der Waals surface area (Å²) in [5.74, 6) is 3.22. The molecule has 4 aromatic rings. The molecular formula is C33H36N2O3. The zero-order chi connectivity index (χ0) is 26.9. The van der Waals surface area contributed by atoms with Crippen molar-refractivity contribution in [1.29, 1.82) is 0 Å². The number of rotatable bonds is 12. The average molecular weight is 509 g/mol. The number of hydrogen-bond acceptors (Lipinski definition) is 5. The smallest absolute Gasteiger partial charge is 0.146 e. The van der Waals surface area contributed by atoms with Gasteiger partial charge in [0, 0.05) is 30.8 Å². The first-order chi connectivity index (χ1) is 18.4. The maximum absolute atomic E-state index is 11.9. The van der Waals surface area contributed by atoms with Crippen LogP contribution in [0.25, 0.3) is 0 Å². The van der Waals surface area contributed by atoms with Crippen LogP contribution in [0.4, 0.5) is 0 Å². The van der Waals surface area contributed by atoms with Gasteiger partial charge < -0.3 is 15.2 Å². The van der Waals surface area contributed by atoms with Crippen LogP contribution in [-0.2, 0) is 17.9 Å². The molecule has 0 aliphatic carbocycles. The highest BCUT2D eigenvalue weighted by Gasteiger charge is 2.17. The summed E-state index contributed by atoms with van der Waals surface area (Å²) in [6.45, 7) is 7.56. The van der Waals surface area contributed by atoms with E-state index in [1.54, 1.807) is 6.92 Å². The molecule has 0 aromatic heterocycles. The first-order valence-corrected chi connectivity index (χ1v) is 13.0. The molecule has 4 rings (SSSR count). The zero-order valence-corrected chi connectivity index (χ0v) is 22.4. The van der Waals surface area contributed by atoms with Gasteiger partial charge in [0.2, 0.25) is 0 Å². The molecular weight excluding hydrogens is 472 g/mol. The summed E-state index contributed by atoms with van der Waals surface area (Å²) >= 11 is 0. The van der Waals surface area contributed by atoms with E-state index in [-0.39, 0.29) is 5.78 Å². The van der Waals surface area contributed by atoms with Gasteiger partial charge in [-0.2, -0.15) is 0 Å². The van der Waals surface area contributed by atoms with Crippen molar-refractivity contribution >= 4 is 5.78 Å². The van der Waals surface area contributed by atoms with Crippen LogP contribution < -0.4 is 15.2 Å². The predicted molar refractivity (Wildman–Crippen MR) is 153 cm³/mol. The number of ether oxygens (including phenoxy) is 2. The van der Waals surface area contributed by atoms with Gasteiger partial charge >= 0.3 is 0 Å². The molecule has 0 bridgehead atoms. The van der Waals surface area contributed by atoms with E-state index in [1.165, 1.54) is 0 Å². The lowest BCUT2D eigenvalue weighted by Crippen LogP contribution is -2.34. The van der Waals surface area contributed by atoms with Crippen LogP contribution in [0.3, 0.4) is 0 Å². The molecule has 4 aromatic carbocycles. The van der Waals surface area contributed by atoms with Crippen molar-refractivity contribution in [2.24, 2.45) is 5.73 Å². The molecule has 0 unspecified atom stereocenters. The van der Waals surface area contributed by atoms with Gasteiger partial charge in [0.1, 0.15) is 28.8 Å². The van der Waals surface area contributed by atoms with Crippen LogP contribution in [0.2, 0.25) is 0 Å². The normalized spacial score (nSPS) is 11.8. The Labute approximate surface area is 225 Å². The summed E-state index contributed by atoms with van der Waals surface area (Å²) in [5.41, 5.74) is 10.5. The van der Waals surface area contributed by atoms with Crippen LogP contribution in [0.1, 0.15) is 35.6 Å². The fraction of sp³-hybridized carbons (Fsp3) is 0.242. The van der Waals surface area contributed by atoms with E-state index < -0.39 is 6.04 Å². The number of benzene rings is 4. The number of Topliss-reactive ketones (excluding diaryl/α,β-unsaturated/α-hetero) is 1. The summed E-state index contributed by atoms with van der Waals surface area (Å²) in [5, 5.41) is 0. The van der Waals surface area contributed by atoms with Gasteiger partial charge in [0.05, 0.1) is 6.04 Å². The molecule has 0 saturated carbocycles. The quantitative estimate of drug-likeness (QED) is 0.219.